The monoisotopic (exact) mass is 240 g/mol. The van der Waals surface area contributed by atoms with Gasteiger partial charge in [0.25, 0.3) is 0 Å². The maximum absolute atomic E-state index is 10.3. The molecule has 0 saturated heterocycles. The molecular weight excluding hydrogens is 212 g/mol. The summed E-state index contributed by atoms with van der Waals surface area (Å²) in [5.74, 6) is 3.22. The molecule has 0 aromatic heterocycles. The van der Waals surface area contributed by atoms with Crippen LogP contribution < -0.4 is 0 Å². The minimum absolute atomic E-state index is 0.296. The average molecular weight is 240 g/mol. The van der Waals surface area contributed by atoms with E-state index in [0.717, 1.165) is 24.7 Å². The van der Waals surface area contributed by atoms with E-state index in [9.17, 15) is 10.2 Å². The van der Waals surface area contributed by atoms with Crippen LogP contribution in [0.2, 0.25) is 0 Å². The summed E-state index contributed by atoms with van der Waals surface area (Å²) in [6.45, 7) is 6.83. The van der Waals surface area contributed by atoms with E-state index in [1.165, 1.54) is 19.3 Å². The average Bonchev–Trinajstić information content (AvgIpc) is 2.27. The van der Waals surface area contributed by atoms with Gasteiger partial charge in [-0.3, -0.25) is 0 Å². The molecule has 2 heteroatoms. The van der Waals surface area contributed by atoms with Gasteiger partial charge in [-0.15, -0.1) is 0 Å². The van der Waals surface area contributed by atoms with E-state index in [-0.39, 0.29) is 0 Å². The summed E-state index contributed by atoms with van der Waals surface area (Å²) in [5.41, 5.74) is -0.467. The summed E-state index contributed by atoms with van der Waals surface area (Å²) in [7, 11) is 0. The third-order valence-electron chi connectivity index (χ3n) is 5.50. The second-order valence-corrected chi connectivity index (χ2v) is 6.95. The molecular formula is C15H28O2. The van der Waals surface area contributed by atoms with Crippen LogP contribution in [0.25, 0.3) is 0 Å². The number of rotatable bonds is 2. The number of hydrogen-bond donors (Lipinski definition) is 2. The Morgan fingerprint density at radius 2 is 1.94 bits per heavy atom. The van der Waals surface area contributed by atoms with Gasteiger partial charge in [-0.2, -0.15) is 0 Å². The number of fused-ring (bicyclic) bond motifs is 1. The maximum Gasteiger partial charge on any atom is 0.0622 e. The van der Waals surface area contributed by atoms with Crippen LogP contribution in [0.5, 0.6) is 0 Å². The molecule has 2 rings (SSSR count). The molecule has 2 aliphatic carbocycles. The van der Waals surface area contributed by atoms with Crippen molar-refractivity contribution in [3.8, 4) is 0 Å². The Hall–Kier alpha value is -0.0800. The van der Waals surface area contributed by atoms with Gasteiger partial charge in [-0.25, -0.2) is 0 Å². The minimum atomic E-state index is -0.467. The first-order valence-corrected chi connectivity index (χ1v) is 7.28. The second kappa shape index (κ2) is 4.89. The molecule has 0 aromatic carbocycles. The molecule has 0 bridgehead atoms. The topological polar surface area (TPSA) is 40.5 Å². The zero-order chi connectivity index (χ0) is 12.6. The normalized spacial score (nSPS) is 48.5. The summed E-state index contributed by atoms with van der Waals surface area (Å²) < 4.78 is 0. The molecule has 100 valence electrons. The highest BCUT2D eigenvalue weighted by atomic mass is 16.3. The SMILES string of the molecule is C[C@@H]1CC[C@@H]([C@@H](C)CO)[C@H]2CC(C)(O)CC[C@H]21. The van der Waals surface area contributed by atoms with E-state index in [4.69, 9.17) is 0 Å². The van der Waals surface area contributed by atoms with E-state index in [1.54, 1.807) is 0 Å². The Morgan fingerprint density at radius 3 is 2.59 bits per heavy atom. The van der Waals surface area contributed by atoms with Crippen molar-refractivity contribution in [1.29, 1.82) is 0 Å². The van der Waals surface area contributed by atoms with E-state index in [0.29, 0.717) is 24.4 Å². The van der Waals surface area contributed by atoms with Gasteiger partial charge in [0.1, 0.15) is 0 Å². The summed E-state index contributed by atoms with van der Waals surface area (Å²) >= 11 is 0. The molecule has 0 aliphatic heterocycles. The van der Waals surface area contributed by atoms with Crippen LogP contribution in [0.1, 0.15) is 52.9 Å². The van der Waals surface area contributed by atoms with Crippen LogP contribution in [0.3, 0.4) is 0 Å². The van der Waals surface area contributed by atoms with Gasteiger partial charge in [-0.05, 0) is 62.2 Å². The molecule has 17 heavy (non-hydrogen) atoms. The predicted molar refractivity (Wildman–Crippen MR) is 69.6 cm³/mol. The van der Waals surface area contributed by atoms with Crippen molar-refractivity contribution in [2.45, 2.75) is 58.5 Å². The lowest BCUT2D eigenvalue weighted by atomic mass is 9.56. The van der Waals surface area contributed by atoms with Crippen molar-refractivity contribution in [2.24, 2.45) is 29.6 Å². The molecule has 2 nitrogen and oxygen atoms in total. The van der Waals surface area contributed by atoms with Crippen molar-refractivity contribution in [3.63, 3.8) is 0 Å². The van der Waals surface area contributed by atoms with Crippen LogP contribution in [-0.4, -0.2) is 22.4 Å². The smallest absolute Gasteiger partial charge is 0.0622 e. The second-order valence-electron chi connectivity index (χ2n) is 6.95. The van der Waals surface area contributed by atoms with Crippen LogP contribution in [0.15, 0.2) is 0 Å². The lowest BCUT2D eigenvalue weighted by molar-refractivity contribution is -0.0763. The first-order chi connectivity index (χ1) is 7.94. The first kappa shape index (κ1) is 13.4. The highest BCUT2D eigenvalue weighted by Crippen LogP contribution is 2.51. The third kappa shape index (κ3) is 2.68. The Balaban J connectivity index is 2.14. The van der Waals surface area contributed by atoms with Crippen LogP contribution in [0.4, 0.5) is 0 Å². The molecule has 0 aromatic rings. The van der Waals surface area contributed by atoms with Crippen molar-refractivity contribution in [2.75, 3.05) is 6.61 Å². The fourth-order valence-electron chi connectivity index (χ4n) is 4.35. The van der Waals surface area contributed by atoms with E-state index in [2.05, 4.69) is 13.8 Å². The van der Waals surface area contributed by atoms with Gasteiger partial charge in [0.15, 0.2) is 0 Å². The summed E-state index contributed by atoms with van der Waals surface area (Å²) in [6.07, 6.45) is 5.61. The Morgan fingerprint density at radius 1 is 1.24 bits per heavy atom. The zero-order valence-electron chi connectivity index (χ0n) is 11.5. The number of hydrogen-bond acceptors (Lipinski definition) is 2. The Kier molecular flexibility index (Phi) is 3.84. The molecule has 2 N–H and O–H groups in total. The molecule has 2 saturated carbocycles. The molecule has 2 aliphatic rings. The minimum Gasteiger partial charge on any atom is -0.396 e. The quantitative estimate of drug-likeness (QED) is 0.779. The summed E-state index contributed by atoms with van der Waals surface area (Å²) in [6, 6.07) is 0. The van der Waals surface area contributed by atoms with E-state index >= 15 is 0 Å². The molecule has 6 atom stereocenters. The van der Waals surface area contributed by atoms with Crippen LogP contribution in [-0.2, 0) is 0 Å². The zero-order valence-corrected chi connectivity index (χ0v) is 11.5. The summed E-state index contributed by atoms with van der Waals surface area (Å²) in [4.78, 5) is 0. The Bertz CT molecular complexity index is 262. The van der Waals surface area contributed by atoms with Gasteiger partial charge in [0.05, 0.1) is 5.60 Å². The van der Waals surface area contributed by atoms with Crippen molar-refractivity contribution < 1.29 is 10.2 Å². The highest BCUT2D eigenvalue weighted by Gasteiger charge is 2.45. The van der Waals surface area contributed by atoms with E-state index in [1.807, 2.05) is 6.92 Å². The molecule has 1 unspecified atom stereocenters. The van der Waals surface area contributed by atoms with Crippen LogP contribution in [0, 0.1) is 29.6 Å². The lowest BCUT2D eigenvalue weighted by Gasteiger charge is -2.50. The molecule has 2 fully saturated rings. The third-order valence-corrected chi connectivity index (χ3v) is 5.50. The van der Waals surface area contributed by atoms with Gasteiger partial charge < -0.3 is 10.2 Å². The number of aliphatic hydroxyl groups excluding tert-OH is 1. The van der Waals surface area contributed by atoms with Crippen molar-refractivity contribution in [3.05, 3.63) is 0 Å². The van der Waals surface area contributed by atoms with Gasteiger partial charge in [-0.1, -0.05) is 20.3 Å². The largest absolute Gasteiger partial charge is 0.396 e. The molecule has 0 heterocycles. The number of aliphatic hydroxyl groups is 2. The van der Waals surface area contributed by atoms with Gasteiger partial charge >= 0.3 is 0 Å². The first-order valence-electron chi connectivity index (χ1n) is 7.28. The fourth-order valence-corrected chi connectivity index (χ4v) is 4.35. The Labute approximate surface area is 105 Å². The van der Waals surface area contributed by atoms with Crippen molar-refractivity contribution in [1.82, 2.24) is 0 Å². The van der Waals surface area contributed by atoms with Gasteiger partial charge in [0, 0.05) is 6.61 Å². The van der Waals surface area contributed by atoms with E-state index < -0.39 is 5.60 Å². The maximum atomic E-state index is 10.3. The fraction of sp³-hybridized carbons (Fsp3) is 1.00. The summed E-state index contributed by atoms with van der Waals surface area (Å²) in [5, 5.41) is 19.7. The highest BCUT2D eigenvalue weighted by molar-refractivity contribution is 4.96. The predicted octanol–water partition coefficient (Wildman–Crippen LogP) is 2.83. The molecule has 0 radical (unpaired) electrons. The molecule has 0 spiro atoms. The van der Waals surface area contributed by atoms with Crippen LogP contribution >= 0.6 is 0 Å². The molecule has 0 amide bonds. The lowest BCUT2D eigenvalue weighted by Crippen LogP contribution is -2.46. The van der Waals surface area contributed by atoms with Gasteiger partial charge in [0.2, 0.25) is 0 Å². The standard InChI is InChI=1S/C15H28O2/c1-10-4-5-12(11(2)9-16)14-8-15(3,17)7-6-13(10)14/h10-14,16-17H,4-9H2,1-3H3/t10-,11+,12+,13+,14-,15?/m1/s1. The van der Waals surface area contributed by atoms with Crippen molar-refractivity contribution >= 4 is 0 Å².